The van der Waals surface area contributed by atoms with Crippen molar-refractivity contribution in [2.45, 2.75) is 6.42 Å². The first-order valence-electron chi connectivity index (χ1n) is 7.64. The molecule has 2 aromatic heterocycles. The van der Waals surface area contributed by atoms with E-state index in [0.29, 0.717) is 30.0 Å². The first kappa shape index (κ1) is 15.9. The maximum absolute atomic E-state index is 12.3. The van der Waals surface area contributed by atoms with Crippen LogP contribution in [0.2, 0.25) is 0 Å². The molecule has 24 heavy (non-hydrogen) atoms. The smallest absolute Gasteiger partial charge is 0.255 e. The average molecular weight is 325 g/mol. The first-order valence-corrected chi connectivity index (χ1v) is 7.64. The highest BCUT2D eigenvalue weighted by Crippen LogP contribution is 2.24. The molecule has 0 aliphatic carbocycles. The largest absolute Gasteiger partial charge is 0.497 e. The lowest BCUT2D eigenvalue weighted by atomic mass is 10.1. The Bertz CT molecular complexity index is 825. The molecule has 0 fully saturated rings. The van der Waals surface area contributed by atoms with Crippen LogP contribution in [0, 0.1) is 0 Å². The molecule has 0 spiro atoms. The zero-order chi connectivity index (χ0) is 16.9. The second kappa shape index (κ2) is 7.04. The Morgan fingerprint density at radius 2 is 2.08 bits per heavy atom. The van der Waals surface area contributed by atoms with E-state index >= 15 is 0 Å². The number of hydrogen-bond donors (Lipinski definition) is 1. The Hall–Kier alpha value is -3.02. The number of carbonyl (C=O) groups is 1. The third kappa shape index (κ3) is 3.32. The molecule has 1 aromatic carbocycles. The van der Waals surface area contributed by atoms with Crippen LogP contribution in [0.5, 0.6) is 11.5 Å². The maximum Gasteiger partial charge on any atom is 0.255 e. The first-order chi connectivity index (χ1) is 11.7. The summed E-state index contributed by atoms with van der Waals surface area (Å²) < 4.78 is 12.4. The van der Waals surface area contributed by atoms with Gasteiger partial charge in [0.1, 0.15) is 17.1 Å². The summed E-state index contributed by atoms with van der Waals surface area (Å²) in [6.45, 7) is 0.498. The number of imidazole rings is 1. The van der Waals surface area contributed by atoms with Gasteiger partial charge in [0.15, 0.2) is 0 Å². The standard InChI is InChI=1S/C18H19N3O3/c1-23-14-6-7-15(16(11-14)24-2)18(22)19-9-8-13-12-21-10-4-3-5-17(21)20-13/h3-7,10-12H,8-9H2,1-2H3,(H,19,22). The molecule has 0 radical (unpaired) electrons. The molecule has 0 aliphatic rings. The van der Waals surface area contributed by atoms with Crippen molar-refractivity contribution in [1.29, 1.82) is 0 Å². The summed E-state index contributed by atoms with van der Waals surface area (Å²) in [7, 11) is 3.10. The molecule has 0 atom stereocenters. The summed E-state index contributed by atoms with van der Waals surface area (Å²) in [6, 6.07) is 11.0. The Morgan fingerprint density at radius 3 is 2.83 bits per heavy atom. The highest BCUT2D eigenvalue weighted by atomic mass is 16.5. The zero-order valence-corrected chi connectivity index (χ0v) is 13.7. The lowest BCUT2D eigenvalue weighted by Gasteiger charge is -2.10. The fourth-order valence-electron chi connectivity index (χ4n) is 2.49. The SMILES string of the molecule is COc1ccc(C(=O)NCCc2cn3ccccc3n2)c(OC)c1. The summed E-state index contributed by atoms with van der Waals surface area (Å²) >= 11 is 0. The molecule has 3 aromatic rings. The Kier molecular flexibility index (Phi) is 4.65. The Morgan fingerprint density at radius 1 is 1.21 bits per heavy atom. The van der Waals surface area contributed by atoms with Gasteiger partial charge in [-0.25, -0.2) is 4.98 Å². The van der Waals surface area contributed by atoms with Crippen molar-refractivity contribution < 1.29 is 14.3 Å². The third-order valence-electron chi connectivity index (χ3n) is 3.73. The molecule has 6 nitrogen and oxygen atoms in total. The van der Waals surface area contributed by atoms with Crippen LogP contribution in [0.1, 0.15) is 16.1 Å². The topological polar surface area (TPSA) is 64.9 Å². The van der Waals surface area contributed by atoms with Crippen molar-refractivity contribution in [3.63, 3.8) is 0 Å². The molecule has 0 bridgehead atoms. The molecule has 2 heterocycles. The number of nitrogens with zero attached hydrogens (tertiary/aromatic N) is 2. The van der Waals surface area contributed by atoms with Crippen molar-refractivity contribution in [2.24, 2.45) is 0 Å². The van der Waals surface area contributed by atoms with Crippen LogP contribution in [-0.4, -0.2) is 36.1 Å². The highest BCUT2D eigenvalue weighted by Gasteiger charge is 2.13. The molecular formula is C18H19N3O3. The monoisotopic (exact) mass is 325 g/mol. The van der Waals surface area contributed by atoms with Gasteiger partial charge in [-0.05, 0) is 24.3 Å². The van der Waals surface area contributed by atoms with Gasteiger partial charge in [-0.3, -0.25) is 4.79 Å². The quantitative estimate of drug-likeness (QED) is 0.755. The number of ether oxygens (including phenoxy) is 2. The van der Waals surface area contributed by atoms with Gasteiger partial charge in [-0.2, -0.15) is 0 Å². The number of aromatic nitrogens is 2. The fourth-order valence-corrected chi connectivity index (χ4v) is 2.49. The van der Waals surface area contributed by atoms with E-state index in [9.17, 15) is 4.79 Å². The van der Waals surface area contributed by atoms with Crippen LogP contribution >= 0.6 is 0 Å². The maximum atomic E-state index is 12.3. The van der Waals surface area contributed by atoms with Gasteiger partial charge in [-0.15, -0.1) is 0 Å². The number of carbonyl (C=O) groups excluding carboxylic acids is 1. The van der Waals surface area contributed by atoms with Crippen molar-refractivity contribution in [2.75, 3.05) is 20.8 Å². The highest BCUT2D eigenvalue weighted by molar-refractivity contribution is 5.97. The average Bonchev–Trinajstić information content (AvgIpc) is 3.03. The number of hydrogen-bond acceptors (Lipinski definition) is 4. The predicted octanol–water partition coefficient (Wildman–Crippen LogP) is 2.32. The fraction of sp³-hybridized carbons (Fsp3) is 0.222. The molecular weight excluding hydrogens is 306 g/mol. The number of nitrogens with one attached hydrogen (secondary N) is 1. The molecule has 0 saturated heterocycles. The minimum Gasteiger partial charge on any atom is -0.497 e. The predicted molar refractivity (Wildman–Crippen MR) is 90.8 cm³/mol. The van der Waals surface area contributed by atoms with Crippen molar-refractivity contribution in [1.82, 2.24) is 14.7 Å². The van der Waals surface area contributed by atoms with E-state index in [-0.39, 0.29) is 5.91 Å². The van der Waals surface area contributed by atoms with Gasteiger partial charge >= 0.3 is 0 Å². The lowest BCUT2D eigenvalue weighted by Crippen LogP contribution is -2.26. The van der Waals surface area contributed by atoms with Gasteiger partial charge in [-0.1, -0.05) is 6.07 Å². The number of pyridine rings is 1. The van der Waals surface area contributed by atoms with Crippen molar-refractivity contribution in [3.05, 3.63) is 60.0 Å². The van der Waals surface area contributed by atoms with Gasteiger partial charge in [0, 0.05) is 31.4 Å². The van der Waals surface area contributed by atoms with Crippen LogP contribution in [0.3, 0.4) is 0 Å². The lowest BCUT2D eigenvalue weighted by molar-refractivity contribution is 0.0951. The van der Waals surface area contributed by atoms with Gasteiger partial charge in [0.05, 0.1) is 25.5 Å². The van der Waals surface area contributed by atoms with Crippen LogP contribution < -0.4 is 14.8 Å². The third-order valence-corrected chi connectivity index (χ3v) is 3.73. The second-order valence-corrected chi connectivity index (χ2v) is 5.27. The van der Waals surface area contributed by atoms with Crippen LogP contribution in [-0.2, 0) is 6.42 Å². The van der Waals surface area contributed by atoms with Gasteiger partial charge in [0.2, 0.25) is 0 Å². The van der Waals surface area contributed by atoms with E-state index in [1.807, 2.05) is 35.0 Å². The van der Waals surface area contributed by atoms with Gasteiger partial charge < -0.3 is 19.2 Å². The summed E-state index contributed by atoms with van der Waals surface area (Å²) in [4.78, 5) is 16.8. The number of fused-ring (bicyclic) bond motifs is 1. The molecule has 1 amide bonds. The number of methoxy groups -OCH3 is 2. The minimum absolute atomic E-state index is 0.182. The van der Waals surface area contributed by atoms with E-state index in [1.54, 1.807) is 25.3 Å². The second-order valence-electron chi connectivity index (χ2n) is 5.27. The molecule has 124 valence electrons. The summed E-state index contributed by atoms with van der Waals surface area (Å²) in [5.41, 5.74) is 2.31. The van der Waals surface area contributed by atoms with Crippen LogP contribution in [0.4, 0.5) is 0 Å². The van der Waals surface area contributed by atoms with Crippen LogP contribution in [0.25, 0.3) is 5.65 Å². The number of amides is 1. The molecule has 3 rings (SSSR count). The van der Waals surface area contributed by atoms with Crippen LogP contribution in [0.15, 0.2) is 48.8 Å². The normalized spacial score (nSPS) is 10.6. The molecule has 6 heteroatoms. The zero-order valence-electron chi connectivity index (χ0n) is 13.7. The van der Waals surface area contributed by atoms with E-state index in [2.05, 4.69) is 10.3 Å². The molecule has 0 saturated carbocycles. The van der Waals surface area contributed by atoms with E-state index in [1.165, 1.54) is 7.11 Å². The summed E-state index contributed by atoms with van der Waals surface area (Å²) in [5, 5.41) is 2.89. The minimum atomic E-state index is -0.182. The van der Waals surface area contributed by atoms with E-state index in [0.717, 1.165) is 11.3 Å². The van der Waals surface area contributed by atoms with Crippen molar-refractivity contribution >= 4 is 11.6 Å². The molecule has 1 N–H and O–H groups in total. The molecule has 0 aliphatic heterocycles. The summed E-state index contributed by atoms with van der Waals surface area (Å²) in [5.74, 6) is 0.950. The Labute approximate surface area is 140 Å². The number of benzene rings is 1. The number of rotatable bonds is 6. The summed E-state index contributed by atoms with van der Waals surface area (Å²) in [6.07, 6.45) is 4.58. The molecule has 0 unspecified atom stereocenters. The van der Waals surface area contributed by atoms with E-state index in [4.69, 9.17) is 9.47 Å². The van der Waals surface area contributed by atoms with Crippen molar-refractivity contribution in [3.8, 4) is 11.5 Å². The Balaban J connectivity index is 1.63. The van der Waals surface area contributed by atoms with E-state index < -0.39 is 0 Å². The van der Waals surface area contributed by atoms with Gasteiger partial charge in [0.25, 0.3) is 5.91 Å².